The van der Waals surface area contributed by atoms with Crippen LogP contribution in [-0.4, -0.2) is 39.2 Å². The summed E-state index contributed by atoms with van der Waals surface area (Å²) in [6.45, 7) is 0. The molecule has 0 bridgehead atoms. The Labute approximate surface area is 161 Å². The van der Waals surface area contributed by atoms with Crippen molar-refractivity contribution in [2.24, 2.45) is 11.6 Å². The van der Waals surface area contributed by atoms with E-state index in [1.54, 1.807) is 17.7 Å². The van der Waals surface area contributed by atoms with Crippen LogP contribution in [0.2, 0.25) is 0 Å². The van der Waals surface area contributed by atoms with Gasteiger partial charge in [0.2, 0.25) is 5.88 Å². The molecule has 27 heavy (non-hydrogen) atoms. The first-order valence-electron chi connectivity index (χ1n) is 9.43. The van der Waals surface area contributed by atoms with Crippen LogP contribution in [0.15, 0.2) is 6.33 Å². The number of ether oxygens (including phenoxy) is 1. The number of aliphatic hydroxyl groups is 1. The van der Waals surface area contributed by atoms with Gasteiger partial charge in [-0.25, -0.2) is 15.8 Å². The van der Waals surface area contributed by atoms with Gasteiger partial charge in [0.15, 0.2) is 0 Å². The third-order valence-electron chi connectivity index (χ3n) is 5.65. The Morgan fingerprint density at radius 1 is 1.33 bits per heavy atom. The number of hydrogen-bond acceptors (Lipinski definition) is 8. The van der Waals surface area contributed by atoms with Gasteiger partial charge in [0.05, 0.1) is 5.39 Å². The van der Waals surface area contributed by atoms with Crippen LogP contribution in [0.5, 0.6) is 5.88 Å². The molecule has 1 saturated carbocycles. The molecular formula is C18H25N5O3S. The molecule has 0 aromatic carbocycles. The number of rotatable bonds is 5. The van der Waals surface area contributed by atoms with Crippen molar-refractivity contribution in [2.75, 3.05) is 0 Å². The highest BCUT2D eigenvalue weighted by atomic mass is 32.1. The molecule has 9 heteroatoms. The van der Waals surface area contributed by atoms with Gasteiger partial charge in [-0.2, -0.15) is 0 Å². The molecule has 6 N–H and O–H groups in total. The highest BCUT2D eigenvalue weighted by Gasteiger charge is 2.33. The summed E-state index contributed by atoms with van der Waals surface area (Å²) < 4.78 is 6.26. The zero-order valence-corrected chi connectivity index (χ0v) is 15.9. The van der Waals surface area contributed by atoms with E-state index in [9.17, 15) is 9.90 Å². The Bertz CT molecular complexity index is 834. The summed E-state index contributed by atoms with van der Waals surface area (Å²) >= 11 is 1.65. The van der Waals surface area contributed by atoms with E-state index in [-0.39, 0.29) is 18.1 Å². The molecule has 146 valence electrons. The van der Waals surface area contributed by atoms with Gasteiger partial charge in [0.1, 0.15) is 23.4 Å². The summed E-state index contributed by atoms with van der Waals surface area (Å²) in [5, 5.41) is 11.0. The van der Waals surface area contributed by atoms with Crippen molar-refractivity contribution in [2.45, 2.75) is 69.1 Å². The second kappa shape index (κ2) is 7.67. The predicted octanol–water partition coefficient (Wildman–Crippen LogP) is 1.11. The van der Waals surface area contributed by atoms with Gasteiger partial charge >= 0.3 is 0 Å². The minimum absolute atomic E-state index is 0.0641. The molecule has 0 radical (unpaired) electrons. The van der Waals surface area contributed by atoms with Crippen LogP contribution in [0.4, 0.5) is 0 Å². The van der Waals surface area contributed by atoms with Gasteiger partial charge in [-0.15, -0.1) is 11.3 Å². The topological polar surface area (TPSA) is 136 Å². The van der Waals surface area contributed by atoms with Crippen molar-refractivity contribution < 1.29 is 14.6 Å². The molecule has 1 amide bonds. The molecule has 0 spiro atoms. The van der Waals surface area contributed by atoms with Crippen molar-refractivity contribution in [1.82, 2.24) is 15.4 Å². The maximum atomic E-state index is 11.6. The summed E-state index contributed by atoms with van der Waals surface area (Å²) in [5.41, 5.74) is 9.14. The number of hydrogen-bond donors (Lipinski definition) is 4. The molecule has 4 rings (SSSR count). The summed E-state index contributed by atoms with van der Waals surface area (Å²) in [6.07, 6.45) is 6.44. The molecule has 2 heterocycles. The van der Waals surface area contributed by atoms with E-state index < -0.39 is 12.0 Å². The number of fused-ring (bicyclic) bond motifs is 3. The summed E-state index contributed by atoms with van der Waals surface area (Å²) in [6, 6.07) is 0.264. The lowest BCUT2D eigenvalue weighted by atomic mass is 9.93. The molecule has 0 aliphatic heterocycles. The lowest BCUT2D eigenvalue weighted by molar-refractivity contribution is -0.129. The lowest BCUT2D eigenvalue weighted by Crippen LogP contribution is -2.39. The van der Waals surface area contributed by atoms with Crippen LogP contribution in [0.1, 0.15) is 54.9 Å². The Morgan fingerprint density at radius 3 is 2.85 bits per heavy atom. The van der Waals surface area contributed by atoms with E-state index in [2.05, 4.69) is 9.97 Å². The highest BCUT2D eigenvalue weighted by molar-refractivity contribution is 7.19. The van der Waals surface area contributed by atoms with Gasteiger partial charge in [-0.1, -0.05) is 0 Å². The van der Waals surface area contributed by atoms with Crippen molar-refractivity contribution in [3.05, 3.63) is 16.8 Å². The first-order valence-corrected chi connectivity index (χ1v) is 10.3. The predicted molar refractivity (Wildman–Crippen MR) is 102 cm³/mol. The number of thiophene rings is 1. The normalized spacial score (nSPS) is 26.0. The molecule has 2 aliphatic carbocycles. The fraction of sp³-hybridized carbons (Fsp3) is 0.611. The lowest BCUT2D eigenvalue weighted by Gasteiger charge is -2.26. The third kappa shape index (κ3) is 3.64. The number of amides is 1. The van der Waals surface area contributed by atoms with E-state index in [1.807, 2.05) is 5.43 Å². The number of nitrogens with two attached hydrogens (primary N) is 2. The fourth-order valence-electron chi connectivity index (χ4n) is 4.20. The Balaban J connectivity index is 1.62. The molecule has 1 fully saturated rings. The van der Waals surface area contributed by atoms with E-state index in [0.717, 1.165) is 54.3 Å². The Kier molecular flexibility index (Phi) is 5.27. The molecule has 2 atom stereocenters. The minimum Gasteiger partial charge on any atom is -0.474 e. The minimum atomic E-state index is -1.13. The zero-order chi connectivity index (χ0) is 19.0. The van der Waals surface area contributed by atoms with Gasteiger partial charge < -0.3 is 15.6 Å². The van der Waals surface area contributed by atoms with E-state index >= 15 is 0 Å². The average molecular weight is 391 g/mol. The first-order chi connectivity index (χ1) is 13.1. The quantitative estimate of drug-likeness (QED) is 0.340. The second-order valence-electron chi connectivity index (χ2n) is 7.45. The number of aryl methyl sites for hydroxylation is 1. The molecule has 2 aromatic heterocycles. The molecule has 0 unspecified atom stereocenters. The Hall–Kier alpha value is -1.81. The van der Waals surface area contributed by atoms with Gasteiger partial charge in [-0.05, 0) is 56.4 Å². The molecular weight excluding hydrogens is 366 g/mol. The number of carbonyl (C=O) groups excluding carboxylic acids is 1. The van der Waals surface area contributed by atoms with Crippen molar-refractivity contribution >= 4 is 27.5 Å². The SMILES string of the molecule is NNC(=O)[C@H](O)C[C@H]1CCc2sc3ncnc(OC4CCC(N)CC4)c3c21. The average Bonchev–Trinajstić information content (AvgIpc) is 3.23. The number of nitrogens with one attached hydrogen (secondary N) is 1. The maximum absolute atomic E-state index is 11.6. The first kappa shape index (κ1) is 18.5. The zero-order valence-electron chi connectivity index (χ0n) is 15.1. The van der Waals surface area contributed by atoms with Gasteiger partial charge in [0.25, 0.3) is 5.91 Å². The molecule has 8 nitrogen and oxygen atoms in total. The van der Waals surface area contributed by atoms with Crippen LogP contribution >= 0.6 is 11.3 Å². The number of aliphatic hydroxyl groups excluding tert-OH is 1. The van der Waals surface area contributed by atoms with Crippen LogP contribution in [0.25, 0.3) is 10.2 Å². The number of aromatic nitrogens is 2. The standard InChI is InChI=1S/C18H25N5O3S/c19-10-2-4-11(5-3-10)26-17-15-14-9(7-12(24)16(25)23-20)1-6-13(14)27-18(15)22-8-21-17/h8-12,24H,1-7,19-20H2,(H,23,25)/t9-,10?,11?,12-/m1/s1. The summed E-state index contributed by atoms with van der Waals surface area (Å²) in [4.78, 5) is 22.6. The largest absolute Gasteiger partial charge is 0.474 e. The van der Waals surface area contributed by atoms with Crippen LogP contribution in [-0.2, 0) is 11.2 Å². The van der Waals surface area contributed by atoms with Crippen LogP contribution in [0, 0.1) is 0 Å². The third-order valence-corrected chi connectivity index (χ3v) is 6.82. The maximum Gasteiger partial charge on any atom is 0.262 e. The molecule has 2 aromatic rings. The van der Waals surface area contributed by atoms with Crippen molar-refractivity contribution in [3.8, 4) is 5.88 Å². The number of carbonyl (C=O) groups is 1. The highest BCUT2D eigenvalue weighted by Crippen LogP contribution is 2.47. The van der Waals surface area contributed by atoms with E-state index in [1.165, 1.54) is 4.88 Å². The monoisotopic (exact) mass is 391 g/mol. The van der Waals surface area contributed by atoms with E-state index in [4.69, 9.17) is 16.3 Å². The van der Waals surface area contributed by atoms with Crippen LogP contribution in [0.3, 0.4) is 0 Å². The van der Waals surface area contributed by atoms with Gasteiger partial charge in [0, 0.05) is 10.9 Å². The second-order valence-corrected chi connectivity index (χ2v) is 8.53. The molecule has 0 saturated heterocycles. The van der Waals surface area contributed by atoms with E-state index in [0.29, 0.717) is 12.3 Å². The smallest absolute Gasteiger partial charge is 0.262 e. The van der Waals surface area contributed by atoms with Crippen molar-refractivity contribution in [3.63, 3.8) is 0 Å². The summed E-state index contributed by atoms with van der Waals surface area (Å²) in [5.74, 6) is 5.26. The van der Waals surface area contributed by atoms with Crippen molar-refractivity contribution in [1.29, 1.82) is 0 Å². The number of nitrogens with zero attached hydrogens (tertiary/aromatic N) is 2. The molecule has 2 aliphatic rings. The van der Waals surface area contributed by atoms with Gasteiger partial charge in [-0.3, -0.25) is 10.2 Å². The van der Waals surface area contributed by atoms with Crippen LogP contribution < -0.4 is 21.7 Å². The fourth-order valence-corrected chi connectivity index (χ4v) is 5.43. The number of hydrazine groups is 1. The Morgan fingerprint density at radius 2 is 2.11 bits per heavy atom. The summed E-state index contributed by atoms with van der Waals surface area (Å²) in [7, 11) is 0.